The fraction of sp³-hybridized carbons (Fsp3) is 0.625. The summed E-state index contributed by atoms with van der Waals surface area (Å²) in [6, 6.07) is 8.86. The summed E-state index contributed by atoms with van der Waals surface area (Å²) >= 11 is 0. The van der Waals surface area contributed by atoms with Gasteiger partial charge in [-0.3, -0.25) is 0 Å². The predicted molar refractivity (Wildman–Crippen MR) is 81.5 cm³/mol. The zero-order valence-electron chi connectivity index (χ0n) is 12.2. The quantitative estimate of drug-likeness (QED) is 0.672. The minimum absolute atomic E-state index is 1.09. The number of anilines is 1. The van der Waals surface area contributed by atoms with Gasteiger partial charge in [-0.1, -0.05) is 31.0 Å². The molecule has 0 saturated carbocycles. The average Bonchev–Trinajstić information content (AvgIpc) is 2.39. The highest BCUT2D eigenvalue weighted by Crippen LogP contribution is 2.15. The van der Waals surface area contributed by atoms with Gasteiger partial charge in [-0.15, -0.1) is 0 Å². The van der Waals surface area contributed by atoms with E-state index in [0.29, 0.717) is 0 Å². The number of hydrogen-bond acceptors (Lipinski definition) is 2. The first-order chi connectivity index (χ1) is 8.77. The first-order valence-electron chi connectivity index (χ1n) is 7.30. The smallest absolute Gasteiger partial charge is 0.0366 e. The molecule has 1 rings (SSSR count). The lowest BCUT2D eigenvalue weighted by Crippen LogP contribution is -2.24. The lowest BCUT2D eigenvalue weighted by molar-refractivity contribution is 0.609. The van der Waals surface area contributed by atoms with Crippen molar-refractivity contribution in [2.24, 2.45) is 0 Å². The maximum absolute atomic E-state index is 3.37. The third-order valence-electron chi connectivity index (χ3n) is 3.31. The molecule has 2 nitrogen and oxygen atoms in total. The summed E-state index contributed by atoms with van der Waals surface area (Å²) in [4.78, 5) is 2.46. The lowest BCUT2D eigenvalue weighted by atomic mass is 10.2. The van der Waals surface area contributed by atoms with Gasteiger partial charge < -0.3 is 10.2 Å². The molecule has 0 atom stereocenters. The second-order valence-electron chi connectivity index (χ2n) is 4.83. The number of nitrogens with zero attached hydrogens (tertiary/aromatic N) is 1. The van der Waals surface area contributed by atoms with E-state index in [1.54, 1.807) is 0 Å². The van der Waals surface area contributed by atoms with E-state index >= 15 is 0 Å². The van der Waals surface area contributed by atoms with Crippen molar-refractivity contribution in [2.45, 2.75) is 40.0 Å². The average molecular weight is 248 g/mol. The van der Waals surface area contributed by atoms with E-state index < -0.39 is 0 Å². The molecule has 1 N–H and O–H groups in total. The van der Waals surface area contributed by atoms with Crippen LogP contribution in [-0.2, 0) is 0 Å². The lowest BCUT2D eigenvalue weighted by Gasteiger charge is -2.23. The van der Waals surface area contributed by atoms with Crippen LogP contribution in [-0.4, -0.2) is 26.2 Å². The van der Waals surface area contributed by atoms with Crippen LogP contribution in [0.5, 0.6) is 0 Å². The predicted octanol–water partition coefficient (Wildman–Crippen LogP) is 3.60. The van der Waals surface area contributed by atoms with Crippen molar-refractivity contribution in [1.29, 1.82) is 0 Å². The molecule has 0 fully saturated rings. The summed E-state index contributed by atoms with van der Waals surface area (Å²) in [6.45, 7) is 11.1. The zero-order chi connectivity index (χ0) is 13.2. The standard InChI is InChI=1S/C16H28N2/c1-4-17-13-7-6-8-14-18(5-2)16-11-9-15(3)10-12-16/h9-12,17H,4-8,13-14H2,1-3H3. The second-order valence-corrected chi connectivity index (χ2v) is 4.83. The molecule has 1 aromatic carbocycles. The van der Waals surface area contributed by atoms with Crippen LogP contribution in [0.25, 0.3) is 0 Å². The molecule has 18 heavy (non-hydrogen) atoms. The largest absolute Gasteiger partial charge is 0.372 e. The Bertz CT molecular complexity index is 305. The van der Waals surface area contributed by atoms with Crippen molar-refractivity contribution >= 4 is 5.69 Å². The molecule has 0 saturated heterocycles. The van der Waals surface area contributed by atoms with E-state index in [9.17, 15) is 0 Å². The van der Waals surface area contributed by atoms with Crippen molar-refractivity contribution in [3.8, 4) is 0 Å². The van der Waals surface area contributed by atoms with Gasteiger partial charge in [-0.05, 0) is 51.9 Å². The van der Waals surface area contributed by atoms with Crippen LogP contribution >= 0.6 is 0 Å². The summed E-state index contributed by atoms with van der Waals surface area (Å²) in [5.41, 5.74) is 2.69. The number of benzene rings is 1. The van der Waals surface area contributed by atoms with Gasteiger partial charge in [0.25, 0.3) is 0 Å². The zero-order valence-corrected chi connectivity index (χ0v) is 12.2. The maximum atomic E-state index is 3.37. The Morgan fingerprint density at radius 1 is 1.00 bits per heavy atom. The van der Waals surface area contributed by atoms with Crippen molar-refractivity contribution in [3.05, 3.63) is 29.8 Å². The Hall–Kier alpha value is -1.02. The number of rotatable bonds is 9. The highest BCUT2D eigenvalue weighted by Gasteiger charge is 2.03. The van der Waals surface area contributed by atoms with E-state index in [4.69, 9.17) is 0 Å². The number of hydrogen-bond donors (Lipinski definition) is 1. The van der Waals surface area contributed by atoms with Crippen LogP contribution in [0.2, 0.25) is 0 Å². The van der Waals surface area contributed by atoms with Gasteiger partial charge in [-0.2, -0.15) is 0 Å². The number of nitrogens with one attached hydrogen (secondary N) is 1. The van der Waals surface area contributed by atoms with Crippen molar-refractivity contribution in [1.82, 2.24) is 5.32 Å². The molecule has 0 heterocycles. The van der Waals surface area contributed by atoms with Gasteiger partial charge in [0.15, 0.2) is 0 Å². The van der Waals surface area contributed by atoms with Gasteiger partial charge in [0.1, 0.15) is 0 Å². The van der Waals surface area contributed by atoms with E-state index in [0.717, 1.165) is 19.6 Å². The summed E-state index contributed by atoms with van der Waals surface area (Å²) < 4.78 is 0. The van der Waals surface area contributed by atoms with Crippen LogP contribution in [0.15, 0.2) is 24.3 Å². The maximum Gasteiger partial charge on any atom is 0.0366 e. The topological polar surface area (TPSA) is 15.3 Å². The van der Waals surface area contributed by atoms with Crippen molar-refractivity contribution in [2.75, 3.05) is 31.1 Å². The minimum Gasteiger partial charge on any atom is -0.372 e. The number of unbranched alkanes of at least 4 members (excludes halogenated alkanes) is 2. The molecule has 2 heteroatoms. The molecule has 1 aromatic rings. The van der Waals surface area contributed by atoms with E-state index in [-0.39, 0.29) is 0 Å². The minimum atomic E-state index is 1.09. The molecule has 0 aromatic heterocycles. The number of aryl methyl sites for hydroxylation is 1. The van der Waals surface area contributed by atoms with Gasteiger partial charge in [0, 0.05) is 18.8 Å². The molecule has 0 bridgehead atoms. The third-order valence-corrected chi connectivity index (χ3v) is 3.31. The summed E-state index contributed by atoms with van der Waals surface area (Å²) in [6.07, 6.45) is 3.89. The van der Waals surface area contributed by atoms with Crippen LogP contribution in [0, 0.1) is 6.92 Å². The fourth-order valence-electron chi connectivity index (χ4n) is 2.13. The molecule has 0 unspecified atom stereocenters. The van der Waals surface area contributed by atoms with Crippen LogP contribution in [0.1, 0.15) is 38.7 Å². The summed E-state index contributed by atoms with van der Waals surface area (Å²) in [5, 5.41) is 3.37. The molecule has 0 radical (unpaired) electrons. The Labute approximate surface area is 112 Å². The van der Waals surface area contributed by atoms with E-state index in [1.165, 1.54) is 37.1 Å². The van der Waals surface area contributed by atoms with Crippen LogP contribution in [0.3, 0.4) is 0 Å². The first-order valence-corrected chi connectivity index (χ1v) is 7.30. The Morgan fingerprint density at radius 2 is 1.72 bits per heavy atom. The Balaban J connectivity index is 2.27. The molecule has 102 valence electrons. The van der Waals surface area contributed by atoms with E-state index in [1.807, 2.05) is 0 Å². The van der Waals surface area contributed by atoms with Crippen molar-refractivity contribution < 1.29 is 0 Å². The highest BCUT2D eigenvalue weighted by molar-refractivity contribution is 5.47. The first kappa shape index (κ1) is 15.0. The third kappa shape index (κ3) is 5.54. The highest BCUT2D eigenvalue weighted by atomic mass is 15.1. The molecule has 0 aliphatic heterocycles. The molecular weight excluding hydrogens is 220 g/mol. The SMILES string of the molecule is CCNCCCCCN(CC)c1ccc(C)cc1. The molecule has 0 amide bonds. The van der Waals surface area contributed by atoms with Gasteiger partial charge in [-0.25, -0.2) is 0 Å². The molecule has 0 aliphatic rings. The van der Waals surface area contributed by atoms with Crippen molar-refractivity contribution in [3.63, 3.8) is 0 Å². The Kier molecular flexibility index (Phi) is 7.51. The molecule has 0 spiro atoms. The van der Waals surface area contributed by atoms with Gasteiger partial charge in [0.2, 0.25) is 0 Å². The summed E-state index contributed by atoms with van der Waals surface area (Å²) in [5.74, 6) is 0. The second kappa shape index (κ2) is 8.98. The van der Waals surface area contributed by atoms with Crippen LogP contribution < -0.4 is 10.2 Å². The monoisotopic (exact) mass is 248 g/mol. The van der Waals surface area contributed by atoms with Gasteiger partial charge >= 0.3 is 0 Å². The summed E-state index contributed by atoms with van der Waals surface area (Å²) in [7, 11) is 0. The van der Waals surface area contributed by atoms with E-state index in [2.05, 4.69) is 55.3 Å². The Morgan fingerprint density at radius 3 is 2.33 bits per heavy atom. The molecule has 0 aliphatic carbocycles. The van der Waals surface area contributed by atoms with Gasteiger partial charge in [0.05, 0.1) is 0 Å². The molecular formula is C16H28N2. The normalized spacial score (nSPS) is 10.6. The van der Waals surface area contributed by atoms with Crippen LogP contribution in [0.4, 0.5) is 5.69 Å². The fourth-order valence-corrected chi connectivity index (χ4v) is 2.13.